The van der Waals surface area contributed by atoms with Crippen molar-refractivity contribution in [3.63, 3.8) is 0 Å². The first kappa shape index (κ1) is 29.0. The van der Waals surface area contributed by atoms with Gasteiger partial charge in [-0.05, 0) is 79.8 Å². The van der Waals surface area contributed by atoms with Crippen LogP contribution in [0.5, 0.6) is 0 Å². The molecule has 10 rings (SSSR count). The molecule has 2 heterocycles. The van der Waals surface area contributed by atoms with Crippen LogP contribution in [0.1, 0.15) is 0 Å². The number of nitrogens with zero attached hydrogens (tertiary/aromatic N) is 5. The lowest BCUT2D eigenvalue weighted by atomic mass is 9.93. The van der Waals surface area contributed by atoms with Gasteiger partial charge in [0.25, 0.3) is 0 Å². The van der Waals surface area contributed by atoms with Gasteiger partial charge >= 0.3 is 0 Å². The molecule has 0 radical (unpaired) electrons. The molecule has 0 bridgehead atoms. The number of imidazole rings is 1. The summed E-state index contributed by atoms with van der Waals surface area (Å²) in [5.74, 6) is 2.33. The van der Waals surface area contributed by atoms with Crippen molar-refractivity contribution in [1.82, 2.24) is 24.5 Å². The van der Waals surface area contributed by atoms with Crippen LogP contribution in [0, 0.1) is 0 Å². The Morgan fingerprint density at radius 1 is 0.314 bits per heavy atom. The normalized spacial score (nSPS) is 11.5. The van der Waals surface area contributed by atoms with Gasteiger partial charge in [-0.15, -0.1) is 0 Å². The number of hydrogen-bond donors (Lipinski definition) is 0. The predicted octanol–water partition coefficient (Wildman–Crippen LogP) is 11.3. The van der Waals surface area contributed by atoms with E-state index in [9.17, 15) is 0 Å². The maximum Gasteiger partial charge on any atom is 0.200 e. The van der Waals surface area contributed by atoms with Gasteiger partial charge in [0.05, 0.1) is 11.0 Å². The van der Waals surface area contributed by atoms with Crippen molar-refractivity contribution in [2.75, 3.05) is 0 Å². The highest BCUT2D eigenvalue weighted by Crippen LogP contribution is 2.37. The van der Waals surface area contributed by atoms with E-state index in [1.165, 1.54) is 26.9 Å². The number of benzene rings is 8. The lowest BCUT2D eigenvalue weighted by molar-refractivity contribution is 1.01. The Kier molecular flexibility index (Phi) is 6.74. The third kappa shape index (κ3) is 4.94. The second-order valence-corrected chi connectivity index (χ2v) is 12.7. The number of para-hydroxylation sites is 3. The van der Waals surface area contributed by atoms with Gasteiger partial charge in [-0.1, -0.05) is 140 Å². The molecular weight excluding hydrogens is 623 g/mol. The molecule has 5 nitrogen and oxygen atoms in total. The molecule has 0 aliphatic heterocycles. The van der Waals surface area contributed by atoms with E-state index in [-0.39, 0.29) is 0 Å². The fraction of sp³-hybridized carbons (Fsp3) is 0. The number of hydrogen-bond acceptors (Lipinski definition) is 4. The smallest absolute Gasteiger partial charge is 0.200 e. The number of aromatic nitrogens is 5. The van der Waals surface area contributed by atoms with Gasteiger partial charge < -0.3 is 0 Å². The van der Waals surface area contributed by atoms with Crippen LogP contribution in [0.25, 0.3) is 94.6 Å². The van der Waals surface area contributed by atoms with E-state index in [0.717, 1.165) is 44.4 Å². The minimum absolute atomic E-state index is 0.503. The van der Waals surface area contributed by atoms with Gasteiger partial charge in [0.1, 0.15) is 0 Å². The van der Waals surface area contributed by atoms with E-state index < -0.39 is 0 Å². The summed E-state index contributed by atoms with van der Waals surface area (Å²) in [6, 6.07) is 61.0. The number of rotatable bonds is 5. The van der Waals surface area contributed by atoms with Gasteiger partial charge in [-0.25, -0.2) is 19.9 Å². The highest BCUT2D eigenvalue weighted by Gasteiger charge is 2.21. The van der Waals surface area contributed by atoms with Gasteiger partial charge in [-0.3, -0.25) is 4.57 Å². The molecule has 0 atom stereocenters. The highest BCUT2D eigenvalue weighted by atomic mass is 15.1. The first-order valence-electron chi connectivity index (χ1n) is 17.1. The summed E-state index contributed by atoms with van der Waals surface area (Å²) >= 11 is 0. The highest BCUT2D eigenvalue weighted by molar-refractivity contribution is 6.25. The quantitative estimate of drug-likeness (QED) is 0.174. The molecule has 10 aromatic rings. The van der Waals surface area contributed by atoms with Crippen molar-refractivity contribution in [2.24, 2.45) is 0 Å². The van der Waals surface area contributed by atoms with Crippen molar-refractivity contribution in [1.29, 1.82) is 0 Å². The van der Waals surface area contributed by atoms with Gasteiger partial charge in [0, 0.05) is 16.8 Å². The lowest BCUT2D eigenvalue weighted by Gasteiger charge is -2.13. The summed E-state index contributed by atoms with van der Waals surface area (Å²) < 4.78 is 2.14. The molecule has 51 heavy (non-hydrogen) atoms. The van der Waals surface area contributed by atoms with E-state index in [2.05, 4.69) is 138 Å². The van der Waals surface area contributed by atoms with Gasteiger partial charge in [0.15, 0.2) is 23.3 Å². The standard InChI is InChI=1S/C46H29N5/c1-3-14-30(15-4-1)31-16-13-17-32(28-31)43-48-44(33-26-27-39-37-22-8-7-20-35(37)36-21-9-10-23-38(36)40(39)29-33)50-45(49-43)46-47-41-24-11-12-25-42(41)51(46)34-18-5-2-6-19-34/h1-29H. The van der Waals surface area contributed by atoms with Crippen LogP contribution >= 0.6 is 0 Å². The fourth-order valence-corrected chi connectivity index (χ4v) is 7.26. The van der Waals surface area contributed by atoms with E-state index in [1.807, 2.05) is 42.5 Å². The summed E-state index contributed by atoms with van der Waals surface area (Å²) in [7, 11) is 0. The largest absolute Gasteiger partial charge is 0.290 e. The summed E-state index contributed by atoms with van der Waals surface area (Å²) in [4.78, 5) is 20.7. The van der Waals surface area contributed by atoms with E-state index in [0.29, 0.717) is 23.3 Å². The Labute approximate surface area is 294 Å². The topological polar surface area (TPSA) is 56.5 Å². The van der Waals surface area contributed by atoms with Crippen LogP contribution in [0.3, 0.4) is 0 Å². The van der Waals surface area contributed by atoms with Gasteiger partial charge in [-0.2, -0.15) is 0 Å². The molecule has 0 aliphatic carbocycles. The molecule has 238 valence electrons. The van der Waals surface area contributed by atoms with Crippen LogP contribution in [-0.2, 0) is 0 Å². The van der Waals surface area contributed by atoms with Crippen LogP contribution in [0.4, 0.5) is 0 Å². The summed E-state index contributed by atoms with van der Waals surface area (Å²) in [6.45, 7) is 0. The Morgan fingerprint density at radius 3 is 1.53 bits per heavy atom. The Hall–Kier alpha value is -6.98. The molecule has 0 saturated carbocycles. The monoisotopic (exact) mass is 651 g/mol. The Bertz CT molecular complexity index is 2880. The van der Waals surface area contributed by atoms with E-state index in [4.69, 9.17) is 19.9 Å². The molecule has 8 aromatic carbocycles. The predicted molar refractivity (Wildman–Crippen MR) is 209 cm³/mol. The molecular formula is C46H29N5. The van der Waals surface area contributed by atoms with Crippen molar-refractivity contribution in [2.45, 2.75) is 0 Å². The third-order valence-corrected chi connectivity index (χ3v) is 9.64. The van der Waals surface area contributed by atoms with Crippen molar-refractivity contribution in [3.8, 4) is 51.2 Å². The summed E-state index contributed by atoms with van der Waals surface area (Å²) in [5.41, 5.74) is 6.88. The van der Waals surface area contributed by atoms with Crippen molar-refractivity contribution < 1.29 is 0 Å². The van der Waals surface area contributed by atoms with Gasteiger partial charge in [0.2, 0.25) is 0 Å². The average molecular weight is 652 g/mol. The van der Waals surface area contributed by atoms with Crippen molar-refractivity contribution >= 4 is 43.4 Å². The molecule has 0 amide bonds. The first-order chi connectivity index (χ1) is 25.3. The SMILES string of the molecule is c1ccc(-c2cccc(-c3nc(-c4ccc5c6ccccc6c6ccccc6c5c4)nc(-c4nc5ccccc5n4-c4ccccc4)n3)c2)cc1. The first-order valence-corrected chi connectivity index (χ1v) is 17.1. The molecule has 0 aliphatic rings. The van der Waals surface area contributed by atoms with Crippen LogP contribution in [0.2, 0.25) is 0 Å². The third-order valence-electron chi connectivity index (χ3n) is 9.64. The maximum absolute atomic E-state index is 5.21. The summed E-state index contributed by atoms with van der Waals surface area (Å²) in [6.07, 6.45) is 0. The average Bonchev–Trinajstić information content (AvgIpc) is 3.61. The minimum Gasteiger partial charge on any atom is -0.290 e. The Balaban J connectivity index is 1.24. The zero-order valence-corrected chi connectivity index (χ0v) is 27.5. The molecule has 0 spiro atoms. The summed E-state index contributed by atoms with van der Waals surface area (Å²) in [5, 5.41) is 7.25. The molecule has 0 N–H and O–H groups in total. The van der Waals surface area contributed by atoms with E-state index in [1.54, 1.807) is 0 Å². The number of fused-ring (bicyclic) bond motifs is 7. The Morgan fingerprint density at radius 2 is 0.824 bits per heavy atom. The zero-order chi connectivity index (χ0) is 33.7. The minimum atomic E-state index is 0.503. The van der Waals surface area contributed by atoms with Crippen LogP contribution in [0.15, 0.2) is 176 Å². The molecule has 0 saturated heterocycles. The van der Waals surface area contributed by atoms with Crippen LogP contribution in [-0.4, -0.2) is 24.5 Å². The lowest BCUT2D eigenvalue weighted by Crippen LogP contribution is -2.05. The zero-order valence-electron chi connectivity index (χ0n) is 27.5. The second kappa shape index (κ2) is 11.9. The molecule has 5 heteroatoms. The molecule has 2 aromatic heterocycles. The van der Waals surface area contributed by atoms with Crippen molar-refractivity contribution in [3.05, 3.63) is 176 Å². The second-order valence-electron chi connectivity index (χ2n) is 12.7. The molecule has 0 fully saturated rings. The molecule has 0 unspecified atom stereocenters. The van der Waals surface area contributed by atoms with Crippen LogP contribution < -0.4 is 0 Å². The fourth-order valence-electron chi connectivity index (χ4n) is 7.26. The van der Waals surface area contributed by atoms with E-state index >= 15 is 0 Å². The maximum atomic E-state index is 5.21.